The Morgan fingerprint density at radius 3 is 2.70 bits per heavy atom. The Balaban J connectivity index is 1.69. The van der Waals surface area contributed by atoms with Gasteiger partial charge < -0.3 is 10.3 Å². The lowest BCUT2D eigenvalue weighted by Crippen LogP contribution is -2.37. The summed E-state index contributed by atoms with van der Waals surface area (Å²) < 4.78 is 0. The Morgan fingerprint density at radius 1 is 1.13 bits per heavy atom. The van der Waals surface area contributed by atoms with Crippen LogP contribution in [0.3, 0.4) is 0 Å². The molecule has 1 amide bonds. The number of carbonyl (C=O) groups is 1. The van der Waals surface area contributed by atoms with Crippen molar-refractivity contribution in [3.63, 3.8) is 0 Å². The van der Waals surface area contributed by atoms with Gasteiger partial charge in [0.15, 0.2) is 0 Å². The molecule has 0 radical (unpaired) electrons. The fourth-order valence-electron chi connectivity index (χ4n) is 3.07. The smallest absolute Gasteiger partial charge is 0.223 e. The number of nitrogens with zero attached hydrogens (tertiary/aromatic N) is 1. The first-order chi connectivity index (χ1) is 11.3. The summed E-state index contributed by atoms with van der Waals surface area (Å²) in [6.45, 7) is 0. The van der Waals surface area contributed by atoms with Gasteiger partial charge in [-0.1, -0.05) is 42.8 Å². The van der Waals surface area contributed by atoms with Gasteiger partial charge in [0.2, 0.25) is 5.91 Å². The molecule has 0 unspecified atom stereocenters. The minimum atomic E-state index is -0.128. The molecule has 1 saturated carbocycles. The number of carbonyl (C=O) groups excluding carboxylic acids is 1. The zero-order valence-corrected chi connectivity index (χ0v) is 12.8. The lowest BCUT2D eigenvalue weighted by atomic mass is 9.84. The average molecular weight is 305 g/mol. The summed E-state index contributed by atoms with van der Waals surface area (Å²) in [6, 6.07) is 16.1. The number of H-pyrrole nitrogens is 1. The van der Waals surface area contributed by atoms with Crippen LogP contribution in [-0.4, -0.2) is 15.9 Å². The van der Waals surface area contributed by atoms with E-state index in [4.69, 9.17) is 0 Å². The number of nitrogens with one attached hydrogen (secondary N) is 2. The number of aromatic nitrogens is 2. The van der Waals surface area contributed by atoms with Crippen molar-refractivity contribution >= 4 is 16.9 Å². The summed E-state index contributed by atoms with van der Waals surface area (Å²) >= 11 is 0. The van der Waals surface area contributed by atoms with Crippen molar-refractivity contribution in [2.75, 3.05) is 0 Å². The highest BCUT2D eigenvalue weighted by atomic mass is 16.2. The monoisotopic (exact) mass is 305 g/mol. The third-order valence-electron chi connectivity index (χ3n) is 4.67. The first kappa shape index (κ1) is 14.0. The zero-order chi connectivity index (χ0) is 15.6. The van der Waals surface area contributed by atoms with Gasteiger partial charge >= 0.3 is 0 Å². The summed E-state index contributed by atoms with van der Waals surface area (Å²) in [4.78, 5) is 19.9. The van der Waals surface area contributed by atoms with Crippen LogP contribution in [0, 0.1) is 5.92 Å². The van der Waals surface area contributed by atoms with E-state index in [1.54, 1.807) is 6.33 Å². The molecule has 4 nitrogen and oxygen atoms in total. The summed E-state index contributed by atoms with van der Waals surface area (Å²) in [5.74, 6) is 0.340. The molecule has 2 N–H and O–H groups in total. The molecule has 0 bridgehead atoms. The Bertz CT molecular complexity index is 821. The second-order valence-electron chi connectivity index (χ2n) is 6.16. The highest BCUT2D eigenvalue weighted by molar-refractivity contribution is 5.81. The van der Waals surface area contributed by atoms with Crippen LogP contribution in [-0.2, 0) is 4.79 Å². The summed E-state index contributed by atoms with van der Waals surface area (Å²) in [5.41, 5.74) is 4.09. The Labute approximate surface area is 134 Å². The summed E-state index contributed by atoms with van der Waals surface area (Å²) in [7, 11) is 0. The molecule has 0 aliphatic heterocycles. The third-order valence-corrected chi connectivity index (χ3v) is 4.67. The molecule has 1 atom stereocenters. The van der Waals surface area contributed by atoms with Crippen LogP contribution in [0.2, 0.25) is 0 Å². The Hall–Kier alpha value is -2.62. The van der Waals surface area contributed by atoms with Crippen LogP contribution in [0.5, 0.6) is 0 Å². The molecule has 1 aliphatic carbocycles. The van der Waals surface area contributed by atoms with E-state index >= 15 is 0 Å². The molecule has 1 heterocycles. The predicted molar refractivity (Wildman–Crippen MR) is 89.9 cm³/mol. The molecular formula is C19H19N3O. The van der Waals surface area contributed by atoms with Crippen LogP contribution in [0.25, 0.3) is 11.0 Å². The van der Waals surface area contributed by atoms with Crippen LogP contribution in [0.15, 0.2) is 54.9 Å². The SMILES string of the molecule is O=C(N[C@@H](c1ccccc1)c1ccc2nc[nH]c2c1)C1CCC1. The van der Waals surface area contributed by atoms with Crippen LogP contribution < -0.4 is 5.32 Å². The molecule has 2 aromatic carbocycles. The summed E-state index contributed by atoms with van der Waals surface area (Å²) in [6.07, 6.45) is 4.87. The van der Waals surface area contributed by atoms with E-state index in [9.17, 15) is 4.79 Å². The van der Waals surface area contributed by atoms with Gasteiger partial charge in [-0.25, -0.2) is 4.98 Å². The Morgan fingerprint density at radius 2 is 1.96 bits per heavy atom. The fourth-order valence-corrected chi connectivity index (χ4v) is 3.07. The molecule has 4 rings (SSSR count). The first-order valence-corrected chi connectivity index (χ1v) is 8.09. The highest BCUT2D eigenvalue weighted by Gasteiger charge is 2.28. The second-order valence-corrected chi connectivity index (χ2v) is 6.16. The van der Waals surface area contributed by atoms with E-state index in [2.05, 4.69) is 33.5 Å². The third kappa shape index (κ3) is 2.72. The highest BCUT2D eigenvalue weighted by Crippen LogP contribution is 2.29. The van der Waals surface area contributed by atoms with E-state index in [1.807, 2.05) is 30.3 Å². The van der Waals surface area contributed by atoms with Crippen molar-refractivity contribution < 1.29 is 4.79 Å². The molecule has 1 fully saturated rings. The second kappa shape index (κ2) is 5.88. The normalized spacial score (nSPS) is 16.0. The van der Waals surface area contributed by atoms with Crippen molar-refractivity contribution in [3.05, 3.63) is 66.0 Å². The average Bonchev–Trinajstić information content (AvgIpc) is 2.99. The number of amides is 1. The van der Waals surface area contributed by atoms with Gasteiger partial charge in [0, 0.05) is 5.92 Å². The van der Waals surface area contributed by atoms with Gasteiger partial charge in [0.1, 0.15) is 0 Å². The van der Waals surface area contributed by atoms with Gasteiger partial charge in [-0.2, -0.15) is 0 Å². The van der Waals surface area contributed by atoms with Crippen molar-refractivity contribution in [1.82, 2.24) is 15.3 Å². The maximum Gasteiger partial charge on any atom is 0.223 e. The molecule has 0 saturated heterocycles. The van der Waals surface area contributed by atoms with E-state index in [0.717, 1.165) is 41.4 Å². The minimum absolute atomic E-state index is 0.128. The molecular weight excluding hydrogens is 286 g/mol. The fraction of sp³-hybridized carbons (Fsp3) is 0.263. The van der Waals surface area contributed by atoms with E-state index in [0.29, 0.717) is 0 Å². The lowest BCUT2D eigenvalue weighted by Gasteiger charge is -2.28. The molecule has 1 aliphatic rings. The predicted octanol–water partition coefficient (Wildman–Crippen LogP) is 3.57. The number of benzene rings is 2. The maximum atomic E-state index is 12.5. The van der Waals surface area contributed by atoms with Gasteiger partial charge in [-0.3, -0.25) is 4.79 Å². The number of rotatable bonds is 4. The Kier molecular flexibility index (Phi) is 3.58. The molecule has 116 valence electrons. The van der Waals surface area contributed by atoms with Crippen LogP contribution in [0.1, 0.15) is 36.4 Å². The van der Waals surface area contributed by atoms with Crippen molar-refractivity contribution in [2.24, 2.45) is 5.92 Å². The quantitative estimate of drug-likeness (QED) is 0.774. The summed E-state index contributed by atoms with van der Waals surface area (Å²) in [5, 5.41) is 3.24. The molecule has 0 spiro atoms. The van der Waals surface area contributed by atoms with Crippen LogP contribution >= 0.6 is 0 Å². The lowest BCUT2D eigenvalue weighted by molar-refractivity contribution is -0.127. The van der Waals surface area contributed by atoms with Gasteiger partial charge in [0.25, 0.3) is 0 Å². The van der Waals surface area contributed by atoms with Gasteiger partial charge in [0.05, 0.1) is 23.4 Å². The van der Waals surface area contributed by atoms with E-state index < -0.39 is 0 Å². The van der Waals surface area contributed by atoms with E-state index in [-0.39, 0.29) is 17.9 Å². The number of imidazole rings is 1. The zero-order valence-electron chi connectivity index (χ0n) is 12.8. The van der Waals surface area contributed by atoms with Crippen LogP contribution in [0.4, 0.5) is 0 Å². The largest absolute Gasteiger partial charge is 0.345 e. The maximum absolute atomic E-state index is 12.5. The number of hydrogen-bond donors (Lipinski definition) is 2. The topological polar surface area (TPSA) is 57.8 Å². The molecule has 4 heteroatoms. The van der Waals surface area contributed by atoms with Crippen molar-refractivity contribution in [3.8, 4) is 0 Å². The number of fused-ring (bicyclic) bond motifs is 1. The van der Waals surface area contributed by atoms with Gasteiger partial charge in [-0.15, -0.1) is 0 Å². The van der Waals surface area contributed by atoms with Gasteiger partial charge in [-0.05, 0) is 36.1 Å². The number of aromatic amines is 1. The standard InChI is InChI=1S/C19H19N3O/c23-19(14-7-4-8-14)22-18(13-5-2-1-3-6-13)15-9-10-16-17(11-15)21-12-20-16/h1-3,5-6,9-12,14,18H,4,7-8H2,(H,20,21)(H,22,23)/t18-/m0/s1. The first-order valence-electron chi connectivity index (χ1n) is 8.09. The molecule has 3 aromatic rings. The number of hydrogen-bond acceptors (Lipinski definition) is 2. The van der Waals surface area contributed by atoms with E-state index in [1.165, 1.54) is 0 Å². The van der Waals surface area contributed by atoms with Crippen molar-refractivity contribution in [2.45, 2.75) is 25.3 Å². The molecule has 1 aromatic heterocycles. The van der Waals surface area contributed by atoms with Crippen molar-refractivity contribution in [1.29, 1.82) is 0 Å². The minimum Gasteiger partial charge on any atom is -0.345 e. The molecule has 23 heavy (non-hydrogen) atoms.